The van der Waals surface area contributed by atoms with Crippen LogP contribution in [-0.2, 0) is 4.79 Å². The molecule has 7 nitrogen and oxygen atoms in total. The van der Waals surface area contributed by atoms with Gasteiger partial charge in [0.05, 0.1) is 56.0 Å². The Hall–Kier alpha value is -2.68. The Morgan fingerprint density at radius 3 is 1.90 bits per heavy atom. The number of carbonyl (C=O) groups is 3. The number of rotatable bonds is 8. The van der Waals surface area contributed by atoms with E-state index >= 15 is 0 Å². The van der Waals surface area contributed by atoms with Gasteiger partial charge in [-0.1, -0.05) is 83.5 Å². The molecule has 5 rings (SSSR count). The second-order valence-electron chi connectivity index (χ2n) is 9.17. The van der Waals surface area contributed by atoms with Crippen LogP contribution in [0.3, 0.4) is 0 Å². The number of hydrogen-bond donors (Lipinski definition) is 0. The Morgan fingerprint density at radius 2 is 1.38 bits per heavy atom. The van der Waals surface area contributed by atoms with Crippen LogP contribution in [0.4, 0.5) is 5.69 Å². The molecule has 0 unspecified atom stereocenters. The summed E-state index contributed by atoms with van der Waals surface area (Å²) >= 11 is 31.4. The molecule has 2 aliphatic rings. The second kappa shape index (κ2) is 11.3. The lowest BCUT2D eigenvalue weighted by Gasteiger charge is -2.49. The molecule has 0 bridgehead atoms. The van der Waals surface area contributed by atoms with Gasteiger partial charge in [-0.25, -0.2) is 0 Å². The van der Waals surface area contributed by atoms with Crippen molar-refractivity contribution in [1.29, 1.82) is 0 Å². The molecule has 3 aromatic rings. The Balaban J connectivity index is 1.57. The van der Waals surface area contributed by atoms with Crippen LogP contribution >= 0.6 is 58.0 Å². The molecule has 12 heteroatoms. The zero-order valence-corrected chi connectivity index (χ0v) is 24.9. The zero-order chi connectivity index (χ0) is 28.9. The van der Waals surface area contributed by atoms with Crippen LogP contribution in [-0.4, -0.2) is 42.4 Å². The minimum atomic E-state index is -1.20. The number of methoxy groups -OCH3 is 1. The van der Waals surface area contributed by atoms with E-state index in [1.54, 1.807) is 42.5 Å². The number of nitrogens with zero attached hydrogens (tertiary/aromatic N) is 2. The first-order valence-electron chi connectivity index (χ1n) is 12.3. The molecule has 0 radical (unpaired) electrons. The summed E-state index contributed by atoms with van der Waals surface area (Å²) in [4.78, 5) is 43.3. The van der Waals surface area contributed by atoms with Crippen LogP contribution in [0.15, 0.2) is 42.5 Å². The minimum Gasteiger partial charge on any atom is -0.495 e. The maximum absolute atomic E-state index is 13.7. The summed E-state index contributed by atoms with van der Waals surface area (Å²) in [6.07, 6.45) is 1.90. The molecule has 2 atom stereocenters. The summed E-state index contributed by atoms with van der Waals surface area (Å²) in [5.41, 5.74) is 0.731. The van der Waals surface area contributed by atoms with Gasteiger partial charge in [-0.05, 0) is 42.3 Å². The third kappa shape index (κ3) is 4.58. The highest BCUT2D eigenvalue weighted by Crippen LogP contribution is 2.49. The third-order valence-corrected chi connectivity index (χ3v) is 8.98. The molecule has 40 heavy (non-hydrogen) atoms. The normalized spacial score (nSPS) is 18.2. The lowest BCUT2D eigenvalue weighted by molar-refractivity contribution is -0.130. The van der Waals surface area contributed by atoms with Gasteiger partial charge in [-0.3, -0.25) is 19.3 Å². The van der Waals surface area contributed by atoms with Crippen LogP contribution in [0, 0.1) is 0 Å². The quantitative estimate of drug-likeness (QED) is 0.0821. The highest BCUT2D eigenvalue weighted by atomic mass is 35.5. The first kappa shape index (κ1) is 28.8. The Bertz CT molecular complexity index is 1500. The number of halogens is 5. The van der Waals surface area contributed by atoms with Gasteiger partial charge in [0.15, 0.2) is 0 Å². The van der Waals surface area contributed by atoms with Crippen molar-refractivity contribution in [2.24, 2.45) is 0 Å². The SMILES string of the molecule is CCCCOc1ccc([C@@H]2[C@@H](N3C(=O)c4c(Cl)c(Cl)c(Cl)c(Cl)c4C3=O)C(=O)N2c2ccc(OC)c(Cl)c2)cc1. The van der Waals surface area contributed by atoms with E-state index in [1.807, 2.05) is 0 Å². The van der Waals surface area contributed by atoms with Crippen LogP contribution in [0.1, 0.15) is 52.1 Å². The number of hydrogen-bond acceptors (Lipinski definition) is 5. The third-order valence-electron chi connectivity index (χ3n) is 6.88. The number of ether oxygens (including phenoxy) is 2. The van der Waals surface area contributed by atoms with E-state index in [2.05, 4.69) is 6.92 Å². The molecule has 0 N–H and O–H groups in total. The molecule has 2 heterocycles. The van der Waals surface area contributed by atoms with Crippen LogP contribution in [0.25, 0.3) is 0 Å². The van der Waals surface area contributed by atoms with Crippen LogP contribution in [0.2, 0.25) is 25.1 Å². The number of fused-ring (bicyclic) bond motifs is 1. The van der Waals surface area contributed by atoms with Crippen molar-refractivity contribution < 1.29 is 23.9 Å². The van der Waals surface area contributed by atoms with Crippen LogP contribution < -0.4 is 14.4 Å². The molecule has 1 fully saturated rings. The van der Waals surface area contributed by atoms with Gasteiger partial charge in [0.25, 0.3) is 17.7 Å². The molecule has 0 aromatic heterocycles. The van der Waals surface area contributed by atoms with Gasteiger partial charge in [-0.2, -0.15) is 0 Å². The standard InChI is InChI=1S/C28H21Cl5N2O5/c1-3-4-11-40-15-8-5-13(6-9-15)24-25(28(38)34(24)14-7-10-17(39-2)16(29)12-14)35-26(36)18-19(27(35)37)21(31)23(33)22(32)20(18)30/h5-10,12,24-25H,3-4,11H2,1-2H3/t24-,25-/m1/s1. The lowest BCUT2D eigenvalue weighted by atomic mass is 9.86. The van der Waals surface area contributed by atoms with Crippen molar-refractivity contribution in [3.63, 3.8) is 0 Å². The summed E-state index contributed by atoms with van der Waals surface area (Å²) in [5.74, 6) is -1.00. The fraction of sp³-hybridized carbons (Fsp3) is 0.250. The van der Waals surface area contributed by atoms with Crippen molar-refractivity contribution in [1.82, 2.24) is 4.90 Å². The summed E-state index contributed by atoms with van der Waals surface area (Å²) < 4.78 is 11.0. The first-order valence-corrected chi connectivity index (χ1v) is 14.1. The number of benzene rings is 3. The number of anilines is 1. The molecule has 3 amide bonds. The van der Waals surface area contributed by atoms with Crippen molar-refractivity contribution >= 4 is 81.4 Å². The zero-order valence-electron chi connectivity index (χ0n) is 21.1. The fourth-order valence-corrected chi connectivity index (χ4v) is 6.13. The topological polar surface area (TPSA) is 76.2 Å². The lowest BCUT2D eigenvalue weighted by Crippen LogP contribution is -2.67. The van der Waals surface area contributed by atoms with Gasteiger partial charge < -0.3 is 14.4 Å². The van der Waals surface area contributed by atoms with E-state index in [-0.39, 0.29) is 31.2 Å². The van der Waals surface area contributed by atoms with Crippen molar-refractivity contribution in [3.8, 4) is 11.5 Å². The molecule has 0 spiro atoms. The molecular formula is C28H21Cl5N2O5. The smallest absolute Gasteiger partial charge is 0.264 e. The van der Waals surface area contributed by atoms with E-state index in [1.165, 1.54) is 12.0 Å². The summed E-state index contributed by atoms with van der Waals surface area (Å²) in [6.45, 7) is 2.64. The highest BCUT2D eigenvalue weighted by molar-refractivity contribution is 6.55. The van der Waals surface area contributed by atoms with E-state index < -0.39 is 29.8 Å². The van der Waals surface area contributed by atoms with Gasteiger partial charge >= 0.3 is 0 Å². The van der Waals surface area contributed by atoms with Crippen LogP contribution in [0.5, 0.6) is 11.5 Å². The number of carbonyl (C=O) groups excluding carboxylic acids is 3. The highest BCUT2D eigenvalue weighted by Gasteiger charge is 2.58. The van der Waals surface area contributed by atoms with Crippen molar-refractivity contribution in [2.75, 3.05) is 18.6 Å². The summed E-state index contributed by atoms with van der Waals surface area (Å²) in [5, 5.41) is -0.428. The predicted octanol–water partition coefficient (Wildman–Crippen LogP) is 7.89. The fourth-order valence-electron chi connectivity index (χ4n) is 4.86. The van der Waals surface area contributed by atoms with E-state index in [0.29, 0.717) is 34.4 Å². The van der Waals surface area contributed by atoms with E-state index in [4.69, 9.17) is 67.5 Å². The Morgan fingerprint density at radius 1 is 0.775 bits per heavy atom. The molecule has 0 saturated carbocycles. The van der Waals surface area contributed by atoms with Crippen molar-refractivity contribution in [3.05, 3.63) is 84.3 Å². The number of unbranched alkanes of at least 4 members (excludes halogenated alkanes) is 1. The number of amides is 3. The number of β-lactam (4-membered cyclic amide) rings is 1. The molecular weight excluding hydrogens is 622 g/mol. The molecule has 0 aliphatic carbocycles. The number of imide groups is 1. The maximum Gasteiger partial charge on any atom is 0.264 e. The Labute approximate surface area is 255 Å². The van der Waals surface area contributed by atoms with Crippen molar-refractivity contribution in [2.45, 2.75) is 31.8 Å². The minimum absolute atomic E-state index is 0.153. The average Bonchev–Trinajstić information content (AvgIpc) is 3.19. The first-order chi connectivity index (χ1) is 19.1. The monoisotopic (exact) mass is 640 g/mol. The largest absolute Gasteiger partial charge is 0.495 e. The predicted molar refractivity (Wildman–Crippen MR) is 156 cm³/mol. The van der Waals surface area contributed by atoms with Gasteiger partial charge in [-0.15, -0.1) is 0 Å². The summed E-state index contributed by atoms with van der Waals surface area (Å²) in [6, 6.07) is 10.1. The summed E-state index contributed by atoms with van der Waals surface area (Å²) in [7, 11) is 1.48. The molecule has 2 aliphatic heterocycles. The van der Waals surface area contributed by atoms with Gasteiger partial charge in [0.1, 0.15) is 17.5 Å². The van der Waals surface area contributed by atoms with E-state index in [9.17, 15) is 14.4 Å². The average molecular weight is 643 g/mol. The molecule has 3 aromatic carbocycles. The second-order valence-corrected chi connectivity index (χ2v) is 11.1. The van der Waals surface area contributed by atoms with Gasteiger partial charge in [0.2, 0.25) is 0 Å². The maximum atomic E-state index is 13.7. The Kier molecular flexibility index (Phi) is 8.15. The van der Waals surface area contributed by atoms with E-state index in [0.717, 1.165) is 17.7 Å². The van der Waals surface area contributed by atoms with Gasteiger partial charge in [0, 0.05) is 5.69 Å². The molecule has 208 valence electrons. The molecule has 1 saturated heterocycles.